The minimum Gasteiger partial charge on any atom is -0.343 e. The third kappa shape index (κ3) is 8.46. The van der Waals surface area contributed by atoms with Gasteiger partial charge in [0.25, 0.3) is 8.54 Å². The second-order valence-electron chi connectivity index (χ2n) is 10.6. The van der Waals surface area contributed by atoms with Crippen LogP contribution in [0.15, 0.2) is 36.5 Å². The SMILES string of the molecule is CC1CCN(C(=N)N2CCc3ncc(CP(F)F)cc3C2)C1.CCCC(CCC)c1ccccc1CC. The second kappa shape index (κ2) is 14.8. The summed E-state index contributed by atoms with van der Waals surface area (Å²) in [7, 11) is -2.93. The lowest BCUT2D eigenvalue weighted by Gasteiger charge is -2.34. The van der Waals surface area contributed by atoms with Crippen molar-refractivity contribution in [3.63, 3.8) is 0 Å². The van der Waals surface area contributed by atoms with Gasteiger partial charge in [-0.1, -0.05) is 70.9 Å². The standard InChI is InChI=1S/C15H21F2N4P.C15H24/c1-11-2-4-20(8-11)15(18)21-5-3-14-13(9-21)6-12(7-19-14)10-22(16)17;1-4-9-14(10-5-2)15-12-8-7-11-13(15)6-3/h6-7,11,18H,2-5,8-10H2,1H3;7-8,11-12,14H,4-6,9-10H2,1-3H3. The molecule has 1 fully saturated rings. The first-order valence-electron chi connectivity index (χ1n) is 14.1. The van der Waals surface area contributed by atoms with Crippen molar-refractivity contribution in [1.29, 1.82) is 5.41 Å². The number of aromatic nitrogens is 1. The molecule has 1 unspecified atom stereocenters. The van der Waals surface area contributed by atoms with Crippen LogP contribution in [0.2, 0.25) is 0 Å². The Labute approximate surface area is 224 Å². The van der Waals surface area contributed by atoms with Crippen LogP contribution in [0.5, 0.6) is 0 Å². The molecule has 1 N–H and O–H groups in total. The van der Waals surface area contributed by atoms with Crippen LogP contribution < -0.4 is 0 Å². The Hall–Kier alpha value is -2.07. The number of hydrogen-bond donors (Lipinski definition) is 1. The molecule has 1 atom stereocenters. The van der Waals surface area contributed by atoms with E-state index >= 15 is 0 Å². The average molecular weight is 531 g/mol. The number of likely N-dealkylation sites (tertiary alicyclic amines) is 1. The highest BCUT2D eigenvalue weighted by molar-refractivity contribution is 7.45. The Morgan fingerprint density at radius 3 is 2.46 bits per heavy atom. The number of fused-ring (bicyclic) bond motifs is 1. The molecule has 204 valence electrons. The van der Waals surface area contributed by atoms with Gasteiger partial charge in [0.05, 0.1) is 6.16 Å². The van der Waals surface area contributed by atoms with E-state index in [-0.39, 0.29) is 6.16 Å². The normalized spacial score (nSPS) is 17.1. The number of halogens is 2. The molecule has 0 saturated carbocycles. The van der Waals surface area contributed by atoms with Gasteiger partial charge in [-0.2, -0.15) is 8.39 Å². The molecule has 1 aromatic carbocycles. The van der Waals surface area contributed by atoms with Gasteiger partial charge in [-0.05, 0) is 59.8 Å². The van der Waals surface area contributed by atoms with Crippen molar-refractivity contribution < 1.29 is 8.39 Å². The van der Waals surface area contributed by atoms with Crippen molar-refractivity contribution in [3.8, 4) is 0 Å². The summed E-state index contributed by atoms with van der Waals surface area (Å²) in [6, 6.07) is 10.8. The van der Waals surface area contributed by atoms with Crippen molar-refractivity contribution in [3.05, 3.63) is 64.5 Å². The van der Waals surface area contributed by atoms with Gasteiger partial charge in [-0.15, -0.1) is 0 Å². The van der Waals surface area contributed by atoms with Gasteiger partial charge in [-0.3, -0.25) is 10.4 Å². The predicted octanol–water partition coefficient (Wildman–Crippen LogP) is 8.40. The van der Waals surface area contributed by atoms with Gasteiger partial charge in [0.1, 0.15) is 0 Å². The summed E-state index contributed by atoms with van der Waals surface area (Å²) in [6.07, 6.45) is 9.74. The van der Waals surface area contributed by atoms with Crippen LogP contribution in [0.25, 0.3) is 0 Å². The number of rotatable bonds is 8. The van der Waals surface area contributed by atoms with Gasteiger partial charge in [0, 0.05) is 44.5 Å². The van der Waals surface area contributed by atoms with Crippen LogP contribution in [0, 0.1) is 11.3 Å². The molecule has 4 nitrogen and oxygen atoms in total. The Morgan fingerprint density at radius 2 is 1.84 bits per heavy atom. The van der Waals surface area contributed by atoms with Crippen LogP contribution in [0.3, 0.4) is 0 Å². The fourth-order valence-electron chi connectivity index (χ4n) is 5.62. The summed E-state index contributed by atoms with van der Waals surface area (Å²) >= 11 is 0. The van der Waals surface area contributed by atoms with E-state index in [4.69, 9.17) is 5.41 Å². The van der Waals surface area contributed by atoms with Crippen LogP contribution in [-0.2, 0) is 25.5 Å². The van der Waals surface area contributed by atoms with E-state index in [9.17, 15) is 8.39 Å². The lowest BCUT2D eigenvalue weighted by molar-refractivity contribution is 0.319. The van der Waals surface area contributed by atoms with E-state index in [2.05, 4.69) is 61.8 Å². The zero-order valence-electron chi connectivity index (χ0n) is 23.1. The van der Waals surface area contributed by atoms with Crippen LogP contribution in [0.1, 0.15) is 93.7 Å². The van der Waals surface area contributed by atoms with Gasteiger partial charge in [-0.25, -0.2) is 0 Å². The van der Waals surface area contributed by atoms with Gasteiger partial charge in [0.2, 0.25) is 0 Å². The number of guanidine groups is 1. The molecule has 0 spiro atoms. The highest BCUT2D eigenvalue weighted by Crippen LogP contribution is 2.42. The maximum absolute atomic E-state index is 12.6. The highest BCUT2D eigenvalue weighted by Gasteiger charge is 2.27. The average Bonchev–Trinajstić information content (AvgIpc) is 3.34. The molecule has 3 heterocycles. The third-order valence-electron chi connectivity index (χ3n) is 7.57. The molecular formula is C30H45F2N4P. The highest BCUT2D eigenvalue weighted by atomic mass is 31.2. The summed E-state index contributed by atoms with van der Waals surface area (Å²) in [4.78, 5) is 8.50. The number of benzene rings is 1. The maximum atomic E-state index is 12.6. The quantitative estimate of drug-likeness (QED) is 0.212. The van der Waals surface area contributed by atoms with Crippen molar-refractivity contribution in [2.45, 2.75) is 91.3 Å². The number of nitrogens with one attached hydrogen (secondary N) is 1. The number of pyridine rings is 1. The predicted molar refractivity (Wildman–Crippen MR) is 153 cm³/mol. The summed E-state index contributed by atoms with van der Waals surface area (Å²) in [5.41, 5.74) is 5.74. The molecular weight excluding hydrogens is 485 g/mol. The van der Waals surface area contributed by atoms with Crippen LogP contribution in [-0.4, -0.2) is 40.4 Å². The second-order valence-corrected chi connectivity index (χ2v) is 11.5. The maximum Gasteiger partial charge on any atom is 0.270 e. The molecule has 0 radical (unpaired) electrons. The molecule has 7 heteroatoms. The summed E-state index contributed by atoms with van der Waals surface area (Å²) < 4.78 is 25.2. The van der Waals surface area contributed by atoms with E-state index < -0.39 is 8.54 Å². The smallest absolute Gasteiger partial charge is 0.270 e. The van der Waals surface area contributed by atoms with Crippen molar-refractivity contribution in [2.24, 2.45) is 5.92 Å². The van der Waals surface area contributed by atoms with E-state index in [1.807, 2.05) is 11.0 Å². The molecule has 1 saturated heterocycles. The Morgan fingerprint density at radius 1 is 1.11 bits per heavy atom. The molecule has 2 aliphatic rings. The minimum absolute atomic E-state index is 0.184. The molecule has 0 bridgehead atoms. The summed E-state index contributed by atoms with van der Waals surface area (Å²) in [5.74, 6) is 1.99. The number of hydrogen-bond acceptors (Lipinski definition) is 2. The van der Waals surface area contributed by atoms with E-state index in [1.165, 1.54) is 32.1 Å². The lowest BCUT2D eigenvalue weighted by Crippen LogP contribution is -2.45. The molecule has 2 aromatic rings. The van der Waals surface area contributed by atoms with Crippen molar-refractivity contribution >= 4 is 14.5 Å². The minimum atomic E-state index is -2.93. The Balaban J connectivity index is 0.000000222. The Bertz CT molecular complexity index is 993. The molecule has 37 heavy (non-hydrogen) atoms. The fraction of sp³-hybridized carbons (Fsp3) is 0.600. The molecule has 4 rings (SSSR count). The fourth-order valence-corrected chi connectivity index (χ4v) is 6.06. The van der Waals surface area contributed by atoms with E-state index in [0.717, 1.165) is 49.7 Å². The lowest BCUT2D eigenvalue weighted by atomic mass is 9.86. The van der Waals surface area contributed by atoms with Crippen molar-refractivity contribution in [2.75, 3.05) is 19.6 Å². The largest absolute Gasteiger partial charge is 0.343 e. The first-order valence-corrected chi connectivity index (χ1v) is 15.4. The van der Waals surface area contributed by atoms with E-state index in [0.29, 0.717) is 24.0 Å². The Kier molecular flexibility index (Phi) is 11.8. The van der Waals surface area contributed by atoms with E-state index in [1.54, 1.807) is 17.3 Å². The van der Waals surface area contributed by atoms with Crippen LogP contribution >= 0.6 is 8.54 Å². The molecule has 1 aromatic heterocycles. The number of nitrogens with zero attached hydrogens (tertiary/aromatic N) is 3. The number of aryl methyl sites for hydroxylation is 1. The molecule has 0 amide bonds. The zero-order chi connectivity index (χ0) is 26.8. The monoisotopic (exact) mass is 530 g/mol. The van der Waals surface area contributed by atoms with Crippen LogP contribution in [0.4, 0.5) is 8.39 Å². The van der Waals surface area contributed by atoms with Gasteiger partial charge >= 0.3 is 0 Å². The molecule has 0 aliphatic carbocycles. The third-order valence-corrected chi connectivity index (χ3v) is 8.18. The van der Waals surface area contributed by atoms with Gasteiger partial charge < -0.3 is 9.80 Å². The zero-order valence-corrected chi connectivity index (χ0v) is 24.0. The first-order chi connectivity index (χ1) is 17.9. The van der Waals surface area contributed by atoms with Gasteiger partial charge in [0.15, 0.2) is 5.96 Å². The molecule has 2 aliphatic heterocycles. The topological polar surface area (TPSA) is 43.2 Å². The van der Waals surface area contributed by atoms with Crippen molar-refractivity contribution in [1.82, 2.24) is 14.8 Å². The summed E-state index contributed by atoms with van der Waals surface area (Å²) in [6.45, 7) is 12.3. The first kappa shape index (κ1) is 29.5. The summed E-state index contributed by atoms with van der Waals surface area (Å²) in [5, 5.41) is 8.39.